The van der Waals surface area contributed by atoms with E-state index in [1.54, 1.807) is 32.2 Å². The van der Waals surface area contributed by atoms with Crippen LogP contribution in [0.25, 0.3) is 83.9 Å². The van der Waals surface area contributed by atoms with Gasteiger partial charge >= 0.3 is 0 Å². The zero-order valence-corrected chi connectivity index (χ0v) is 41.6. The number of aromatic nitrogens is 3. The van der Waals surface area contributed by atoms with Crippen molar-refractivity contribution in [1.29, 1.82) is 0 Å². The van der Waals surface area contributed by atoms with Crippen molar-refractivity contribution in [2.24, 2.45) is 0 Å². The van der Waals surface area contributed by atoms with Gasteiger partial charge in [0, 0.05) is 36.7 Å². The predicted molar refractivity (Wildman–Crippen MR) is 293 cm³/mol. The summed E-state index contributed by atoms with van der Waals surface area (Å²) < 4.78 is 87.8. The first-order valence-corrected chi connectivity index (χ1v) is 23.6. The highest BCUT2D eigenvalue weighted by Crippen LogP contribution is 2.48. The zero-order valence-electron chi connectivity index (χ0n) is 51.6. The number of rotatable bonds is 7. The molecule has 0 aliphatic carbocycles. The largest absolute Gasteiger partial charge is 0.507 e. The van der Waals surface area contributed by atoms with Crippen LogP contribution < -0.4 is 0 Å². The van der Waals surface area contributed by atoms with E-state index in [0.29, 0.717) is 45.0 Å². The molecule has 4 nitrogen and oxygen atoms in total. The minimum absolute atomic E-state index is 0.0321. The summed E-state index contributed by atoms with van der Waals surface area (Å²) >= 11 is 0. The summed E-state index contributed by atoms with van der Waals surface area (Å²) in [5, 5.41) is 12.8. The molecule has 69 heavy (non-hydrogen) atoms. The Balaban J connectivity index is 1.40. The number of para-hydroxylation sites is 1. The molecule has 0 aliphatic rings. The van der Waals surface area contributed by atoms with Crippen molar-refractivity contribution >= 4 is 11.0 Å². The highest BCUT2D eigenvalue weighted by atomic mass is 16.3. The van der Waals surface area contributed by atoms with Gasteiger partial charge in [0.05, 0.1) is 33.5 Å². The van der Waals surface area contributed by atoms with Gasteiger partial charge in [0.1, 0.15) is 11.6 Å². The first-order chi connectivity index (χ1) is 36.7. The van der Waals surface area contributed by atoms with Crippen LogP contribution in [0.2, 0.25) is 0 Å². The lowest BCUT2D eigenvalue weighted by atomic mass is 9.78. The molecule has 7 aromatic carbocycles. The van der Waals surface area contributed by atoms with Gasteiger partial charge in [-0.15, -0.1) is 0 Å². The molecule has 0 atom stereocenters. The summed E-state index contributed by atoms with van der Waals surface area (Å²) in [7, 11) is 0. The van der Waals surface area contributed by atoms with Crippen molar-refractivity contribution in [3.8, 4) is 78.6 Å². The topological polar surface area (TPSA) is 50.9 Å². The van der Waals surface area contributed by atoms with Gasteiger partial charge in [-0.3, -0.25) is 9.55 Å². The molecule has 1 N–H and O–H groups in total. The van der Waals surface area contributed by atoms with Gasteiger partial charge in [-0.1, -0.05) is 198 Å². The molecule has 2 aromatic heterocycles. The molecule has 4 heteroatoms. The number of hydrogen-bond acceptors (Lipinski definition) is 3. The van der Waals surface area contributed by atoms with Crippen LogP contribution in [0.3, 0.4) is 0 Å². The number of hydrogen-bond donors (Lipinski definition) is 1. The van der Waals surface area contributed by atoms with Gasteiger partial charge < -0.3 is 5.11 Å². The highest BCUT2D eigenvalue weighted by Gasteiger charge is 2.31. The maximum atomic E-state index is 12.8. The molecule has 0 saturated carbocycles. The van der Waals surface area contributed by atoms with Crippen molar-refractivity contribution in [3.63, 3.8) is 0 Å². The summed E-state index contributed by atoms with van der Waals surface area (Å²) in [6.45, 7) is 17.4. The monoisotopic (exact) mass is 916 g/mol. The fourth-order valence-electron chi connectivity index (χ4n) is 9.13. The van der Waals surface area contributed by atoms with Crippen LogP contribution in [0.5, 0.6) is 5.75 Å². The third kappa shape index (κ3) is 9.30. The fraction of sp³-hybridized carbons (Fsp3) is 0.262. The van der Waals surface area contributed by atoms with E-state index in [-0.39, 0.29) is 22.1 Å². The average molecular weight is 916 g/mol. The lowest BCUT2D eigenvalue weighted by molar-refractivity contribution is 0.446. The van der Waals surface area contributed by atoms with E-state index in [4.69, 9.17) is 23.7 Å². The molecule has 348 valence electrons. The van der Waals surface area contributed by atoms with Gasteiger partial charge in [-0.25, -0.2) is 4.98 Å². The highest BCUT2D eigenvalue weighted by molar-refractivity contribution is 5.98. The van der Waals surface area contributed by atoms with Crippen molar-refractivity contribution in [1.82, 2.24) is 14.5 Å². The lowest BCUT2D eigenvalue weighted by Gasteiger charge is -2.28. The quantitative estimate of drug-likeness (QED) is 0.173. The van der Waals surface area contributed by atoms with Crippen molar-refractivity contribution in [2.45, 2.75) is 112 Å². The van der Waals surface area contributed by atoms with Gasteiger partial charge in [-0.05, 0) is 127 Å². The predicted octanol–water partition coefficient (Wildman–Crippen LogP) is 17.6. The van der Waals surface area contributed by atoms with Crippen LogP contribution in [0.15, 0.2) is 164 Å². The molecular weight excluding hydrogens is 839 g/mol. The number of phenols is 1. The van der Waals surface area contributed by atoms with E-state index in [2.05, 4.69) is 91.1 Å². The Morgan fingerprint density at radius 1 is 0.493 bits per heavy atom. The lowest BCUT2D eigenvalue weighted by Crippen LogP contribution is -2.17. The number of pyridine rings is 1. The first-order valence-electron chi connectivity index (χ1n) is 28.6. The van der Waals surface area contributed by atoms with E-state index in [1.807, 2.05) is 97.1 Å². The Morgan fingerprint density at radius 2 is 1.13 bits per heavy atom. The smallest absolute Gasteiger partial charge is 0.149 e. The van der Waals surface area contributed by atoms with Crippen LogP contribution in [0.4, 0.5) is 0 Å². The molecule has 0 amide bonds. The molecule has 0 fully saturated rings. The first kappa shape index (κ1) is 36.0. The summed E-state index contributed by atoms with van der Waals surface area (Å²) in [5.41, 5.74) is 9.09. The minimum atomic E-state index is -2.85. The third-order valence-corrected chi connectivity index (χ3v) is 13.0. The summed E-state index contributed by atoms with van der Waals surface area (Å²) in [6, 6.07) is 41.4. The molecule has 9 rings (SSSR count). The zero-order chi connectivity index (χ0) is 57.7. The number of imidazole rings is 1. The van der Waals surface area contributed by atoms with Crippen molar-refractivity contribution in [2.75, 3.05) is 0 Å². The Hall–Kier alpha value is -7.04. The summed E-state index contributed by atoms with van der Waals surface area (Å²) in [6.07, 6.45) is 1.55. The third-order valence-electron chi connectivity index (χ3n) is 13.0. The number of fused-ring (bicyclic) bond motifs is 1. The Morgan fingerprint density at radius 3 is 1.75 bits per heavy atom. The average Bonchev–Trinajstić information content (AvgIpc) is 3.99. The number of benzene rings is 7. The van der Waals surface area contributed by atoms with Crippen molar-refractivity contribution in [3.05, 3.63) is 192 Å². The normalized spacial score (nSPS) is 14.9. The molecule has 9 aromatic rings. The Kier molecular flexibility index (Phi) is 9.13. The second kappa shape index (κ2) is 17.5. The van der Waals surface area contributed by atoms with Crippen LogP contribution in [-0.4, -0.2) is 19.6 Å². The van der Waals surface area contributed by atoms with Crippen molar-refractivity contribution < 1.29 is 18.8 Å². The summed E-state index contributed by atoms with van der Waals surface area (Å²) in [4.78, 5) is 10.5. The van der Waals surface area contributed by atoms with E-state index >= 15 is 0 Å². The molecule has 0 bridgehead atoms. The van der Waals surface area contributed by atoms with Gasteiger partial charge in [0.25, 0.3) is 0 Å². The maximum Gasteiger partial charge on any atom is 0.149 e. The van der Waals surface area contributed by atoms with Crippen LogP contribution >= 0.6 is 0 Å². The molecule has 0 saturated heterocycles. The van der Waals surface area contributed by atoms with E-state index in [1.165, 1.54) is 0 Å². The molecule has 0 unspecified atom stereocenters. The Bertz CT molecular complexity index is 3810. The van der Waals surface area contributed by atoms with Crippen LogP contribution in [0.1, 0.15) is 125 Å². The molecule has 2 heterocycles. The number of nitrogens with zero attached hydrogens (tertiary/aromatic N) is 3. The fourth-order valence-corrected chi connectivity index (χ4v) is 9.13. The second-order valence-corrected chi connectivity index (χ2v) is 21.9. The summed E-state index contributed by atoms with van der Waals surface area (Å²) in [5.74, 6) is 0.572. The molecular formula is C65H67N3O. The molecule has 0 radical (unpaired) electrons. The van der Waals surface area contributed by atoms with Gasteiger partial charge in [0.2, 0.25) is 0 Å². The SMILES string of the molecule is [2H]c1c([2H])c(C([2H])([2H])[2H])c([2H])c([2H])c1-c1ccnc(-c2cc(-c3cccc4c3nc(-c3cc(C(C)(C)C)cc(C(C)(C)C)c3O)n4-c3cc(-c4ccccc4)c(C(C)(C)C([2H])([2H])[2H])cc3-c3ccccc3)cc(C(C)(C)C)c2)c1. The minimum Gasteiger partial charge on any atom is -0.507 e. The van der Waals surface area contributed by atoms with Gasteiger partial charge in [0.15, 0.2) is 0 Å². The second-order valence-electron chi connectivity index (χ2n) is 21.9. The van der Waals surface area contributed by atoms with E-state index in [9.17, 15) is 5.11 Å². The standard InChI is InChI=1S/C65H67N3O/c1-41-27-29-42(30-28-41)45-31-32-66-56(36-45)47-33-46(34-48(35-47)62(2,3)4)50-25-20-26-57-59(50)67-61(53-37-49(63(5,6)7)38-55(60(53)69)65(11,12)13)68(57)58-40-51(43-21-16-14-17-22-43)54(64(8,9)10)39-52(58)44-23-18-15-19-24-44/h14-40,69H,1-13H3/i1D3,8D3,27D,28D,29D,30D. The Labute approximate surface area is 424 Å². The van der Waals surface area contributed by atoms with Crippen LogP contribution in [0, 0.1) is 6.85 Å². The maximum absolute atomic E-state index is 12.8. The van der Waals surface area contributed by atoms with E-state index in [0.717, 1.165) is 55.6 Å². The van der Waals surface area contributed by atoms with Crippen LogP contribution in [-0.2, 0) is 21.7 Å². The molecule has 0 spiro atoms. The molecule has 0 aliphatic heterocycles. The van der Waals surface area contributed by atoms with Gasteiger partial charge in [-0.2, -0.15) is 0 Å². The number of aromatic hydroxyl groups is 1. The van der Waals surface area contributed by atoms with E-state index < -0.39 is 54.3 Å². The number of phenolic OH excluding ortho intramolecular Hbond substituents is 1.